The third kappa shape index (κ3) is 2.55. The van der Waals surface area contributed by atoms with E-state index in [1.165, 1.54) is 19.2 Å². The standard InChI is InChI=1S/C12H15N5O2/c1-18-10-6-9(14-7-15-10)11-16-12(19-17-11)8-4-2-3-5-13-8/h6-8,13H,2-5H2,1H3/t8-/m1/s1. The summed E-state index contributed by atoms with van der Waals surface area (Å²) in [6, 6.07) is 1.84. The Bertz CT molecular complexity index is 551. The van der Waals surface area contributed by atoms with E-state index in [4.69, 9.17) is 9.26 Å². The molecule has 1 fully saturated rings. The molecule has 0 unspecified atom stereocenters. The highest BCUT2D eigenvalue weighted by Gasteiger charge is 2.21. The van der Waals surface area contributed by atoms with E-state index >= 15 is 0 Å². The Morgan fingerprint density at radius 2 is 2.32 bits per heavy atom. The van der Waals surface area contributed by atoms with E-state index in [1.54, 1.807) is 13.2 Å². The van der Waals surface area contributed by atoms with Crippen LogP contribution in [0.4, 0.5) is 0 Å². The first kappa shape index (κ1) is 12.0. The molecular weight excluding hydrogens is 246 g/mol. The third-order valence-corrected chi connectivity index (χ3v) is 3.13. The summed E-state index contributed by atoms with van der Waals surface area (Å²) < 4.78 is 10.4. The Kier molecular flexibility index (Phi) is 3.37. The van der Waals surface area contributed by atoms with Crippen molar-refractivity contribution in [3.05, 3.63) is 18.3 Å². The van der Waals surface area contributed by atoms with Crippen molar-refractivity contribution in [3.63, 3.8) is 0 Å². The van der Waals surface area contributed by atoms with Crippen molar-refractivity contribution in [2.24, 2.45) is 0 Å². The Labute approximate surface area is 110 Å². The van der Waals surface area contributed by atoms with Crippen molar-refractivity contribution in [2.45, 2.75) is 25.3 Å². The van der Waals surface area contributed by atoms with Crippen molar-refractivity contribution < 1.29 is 9.26 Å². The van der Waals surface area contributed by atoms with Crippen LogP contribution in [0.25, 0.3) is 11.5 Å². The Morgan fingerprint density at radius 1 is 1.37 bits per heavy atom. The van der Waals surface area contributed by atoms with Gasteiger partial charge in [-0.1, -0.05) is 11.6 Å². The molecule has 3 rings (SSSR count). The van der Waals surface area contributed by atoms with Gasteiger partial charge in [0.25, 0.3) is 0 Å². The van der Waals surface area contributed by atoms with Gasteiger partial charge in [-0.05, 0) is 19.4 Å². The molecule has 0 saturated carbocycles. The fourth-order valence-electron chi connectivity index (χ4n) is 2.12. The van der Waals surface area contributed by atoms with Crippen LogP contribution in [0.5, 0.6) is 5.88 Å². The molecule has 1 saturated heterocycles. The van der Waals surface area contributed by atoms with E-state index in [0.29, 0.717) is 23.3 Å². The Hall–Kier alpha value is -2.02. The first-order valence-corrected chi connectivity index (χ1v) is 6.30. The lowest BCUT2D eigenvalue weighted by Crippen LogP contribution is -2.26. The number of rotatable bonds is 3. The fourth-order valence-corrected chi connectivity index (χ4v) is 2.12. The lowest BCUT2D eigenvalue weighted by atomic mass is 10.1. The van der Waals surface area contributed by atoms with Gasteiger partial charge in [0, 0.05) is 6.07 Å². The quantitative estimate of drug-likeness (QED) is 0.892. The molecule has 7 nitrogen and oxygen atoms in total. The number of aromatic nitrogens is 4. The van der Waals surface area contributed by atoms with Crippen LogP contribution in [0.15, 0.2) is 16.9 Å². The van der Waals surface area contributed by atoms with Gasteiger partial charge >= 0.3 is 0 Å². The molecule has 2 aromatic rings. The lowest BCUT2D eigenvalue weighted by Gasteiger charge is -2.19. The molecule has 0 aliphatic carbocycles. The maximum atomic E-state index is 5.31. The van der Waals surface area contributed by atoms with Gasteiger partial charge in [0.2, 0.25) is 17.6 Å². The van der Waals surface area contributed by atoms with Crippen LogP contribution in [0.1, 0.15) is 31.2 Å². The predicted octanol–water partition coefficient (Wildman–Crippen LogP) is 1.35. The van der Waals surface area contributed by atoms with E-state index in [1.807, 2.05) is 0 Å². The van der Waals surface area contributed by atoms with Crippen LogP contribution in [0.3, 0.4) is 0 Å². The van der Waals surface area contributed by atoms with E-state index in [0.717, 1.165) is 13.0 Å². The van der Waals surface area contributed by atoms with Gasteiger partial charge in [0.1, 0.15) is 12.0 Å². The molecule has 1 aliphatic rings. The van der Waals surface area contributed by atoms with E-state index in [2.05, 4.69) is 25.4 Å². The zero-order valence-corrected chi connectivity index (χ0v) is 10.7. The van der Waals surface area contributed by atoms with Crippen LogP contribution in [0.2, 0.25) is 0 Å². The van der Waals surface area contributed by atoms with Crippen LogP contribution >= 0.6 is 0 Å². The predicted molar refractivity (Wildman–Crippen MR) is 66.5 cm³/mol. The van der Waals surface area contributed by atoms with E-state index in [-0.39, 0.29) is 6.04 Å². The van der Waals surface area contributed by atoms with Crippen LogP contribution in [-0.2, 0) is 0 Å². The first-order chi connectivity index (χ1) is 9.36. The molecule has 0 aromatic carbocycles. The second-order valence-electron chi connectivity index (χ2n) is 4.40. The number of ether oxygens (including phenoxy) is 1. The molecule has 3 heterocycles. The summed E-state index contributed by atoms with van der Waals surface area (Å²) in [5, 5.41) is 7.33. The molecule has 1 aliphatic heterocycles. The highest BCUT2D eigenvalue weighted by atomic mass is 16.5. The normalized spacial score (nSPS) is 19.3. The summed E-state index contributed by atoms with van der Waals surface area (Å²) in [5.41, 5.74) is 0.595. The highest BCUT2D eigenvalue weighted by molar-refractivity contribution is 5.49. The van der Waals surface area contributed by atoms with Crippen LogP contribution in [-0.4, -0.2) is 33.8 Å². The van der Waals surface area contributed by atoms with Gasteiger partial charge in [-0.15, -0.1) is 0 Å². The maximum Gasteiger partial charge on any atom is 0.244 e. The number of hydrogen-bond acceptors (Lipinski definition) is 7. The van der Waals surface area contributed by atoms with Crippen LogP contribution in [0, 0.1) is 0 Å². The second kappa shape index (κ2) is 5.31. The molecule has 1 N–H and O–H groups in total. The zero-order chi connectivity index (χ0) is 13.1. The number of nitrogens with one attached hydrogen (secondary N) is 1. The Morgan fingerprint density at radius 3 is 3.11 bits per heavy atom. The SMILES string of the molecule is COc1cc(-c2noc([C@H]3CCCCN3)n2)ncn1. The second-order valence-corrected chi connectivity index (χ2v) is 4.40. The minimum Gasteiger partial charge on any atom is -0.481 e. The maximum absolute atomic E-state index is 5.31. The number of methoxy groups -OCH3 is 1. The third-order valence-electron chi connectivity index (χ3n) is 3.13. The van der Waals surface area contributed by atoms with Crippen molar-refractivity contribution >= 4 is 0 Å². The van der Waals surface area contributed by atoms with Crippen molar-refractivity contribution in [3.8, 4) is 17.4 Å². The largest absolute Gasteiger partial charge is 0.481 e. The van der Waals surface area contributed by atoms with Crippen molar-refractivity contribution in [1.29, 1.82) is 0 Å². The summed E-state index contributed by atoms with van der Waals surface area (Å²) >= 11 is 0. The van der Waals surface area contributed by atoms with Gasteiger partial charge < -0.3 is 14.6 Å². The summed E-state index contributed by atoms with van der Waals surface area (Å²) in [6.45, 7) is 0.990. The average molecular weight is 261 g/mol. The minimum atomic E-state index is 0.152. The average Bonchev–Trinajstić information content (AvgIpc) is 2.98. The van der Waals surface area contributed by atoms with Crippen LogP contribution < -0.4 is 10.1 Å². The van der Waals surface area contributed by atoms with Crippen molar-refractivity contribution in [1.82, 2.24) is 25.4 Å². The summed E-state index contributed by atoms with van der Waals surface area (Å²) in [6.07, 6.45) is 4.81. The monoisotopic (exact) mass is 261 g/mol. The molecule has 0 radical (unpaired) electrons. The van der Waals surface area contributed by atoms with Gasteiger partial charge in [0.05, 0.1) is 13.2 Å². The van der Waals surface area contributed by atoms with Crippen molar-refractivity contribution in [2.75, 3.05) is 13.7 Å². The Balaban J connectivity index is 1.83. The molecule has 0 bridgehead atoms. The zero-order valence-electron chi connectivity index (χ0n) is 10.7. The van der Waals surface area contributed by atoms with Gasteiger partial charge in [-0.3, -0.25) is 0 Å². The molecule has 100 valence electrons. The molecular formula is C12H15N5O2. The van der Waals surface area contributed by atoms with Gasteiger partial charge in [-0.25, -0.2) is 9.97 Å². The smallest absolute Gasteiger partial charge is 0.244 e. The molecule has 0 spiro atoms. The number of hydrogen-bond donors (Lipinski definition) is 1. The molecule has 1 atom stereocenters. The molecule has 0 amide bonds. The van der Waals surface area contributed by atoms with E-state index < -0.39 is 0 Å². The lowest BCUT2D eigenvalue weighted by molar-refractivity contribution is 0.297. The van der Waals surface area contributed by atoms with Gasteiger partial charge in [-0.2, -0.15) is 4.98 Å². The van der Waals surface area contributed by atoms with E-state index in [9.17, 15) is 0 Å². The fraction of sp³-hybridized carbons (Fsp3) is 0.500. The summed E-state index contributed by atoms with van der Waals surface area (Å²) in [5.74, 6) is 1.56. The topological polar surface area (TPSA) is 86.0 Å². The highest BCUT2D eigenvalue weighted by Crippen LogP contribution is 2.24. The summed E-state index contributed by atoms with van der Waals surface area (Å²) in [7, 11) is 1.56. The molecule has 2 aromatic heterocycles. The summed E-state index contributed by atoms with van der Waals surface area (Å²) in [4.78, 5) is 12.5. The molecule has 19 heavy (non-hydrogen) atoms. The minimum absolute atomic E-state index is 0.152. The molecule has 7 heteroatoms. The number of nitrogens with zero attached hydrogens (tertiary/aromatic N) is 4. The number of piperidine rings is 1. The van der Waals surface area contributed by atoms with Gasteiger partial charge in [0.15, 0.2) is 0 Å². The first-order valence-electron chi connectivity index (χ1n) is 6.30.